The lowest BCUT2D eigenvalue weighted by Gasteiger charge is -2.18. The van der Waals surface area contributed by atoms with Gasteiger partial charge in [-0.2, -0.15) is 0 Å². The summed E-state index contributed by atoms with van der Waals surface area (Å²) in [6, 6.07) is 4.16. The van der Waals surface area contributed by atoms with Crippen LogP contribution in [0.15, 0.2) is 12.1 Å². The molecule has 0 aliphatic heterocycles. The van der Waals surface area contributed by atoms with Gasteiger partial charge >= 0.3 is 0 Å². The Labute approximate surface area is 153 Å². The average molecular weight is 353 g/mol. The van der Waals surface area contributed by atoms with E-state index in [1.807, 2.05) is 42.3 Å². The molecule has 0 atom stereocenters. The predicted molar refractivity (Wildman–Crippen MR) is 104 cm³/mol. The van der Waals surface area contributed by atoms with E-state index >= 15 is 0 Å². The van der Waals surface area contributed by atoms with E-state index < -0.39 is 0 Å². The molecule has 0 amide bonds. The highest BCUT2D eigenvalue weighted by atomic mass is 16.3. The molecule has 7 nitrogen and oxygen atoms in total. The summed E-state index contributed by atoms with van der Waals surface area (Å²) in [5, 5.41) is 20.7. The molecule has 0 fully saturated rings. The van der Waals surface area contributed by atoms with E-state index in [9.17, 15) is 5.11 Å². The molecule has 0 unspecified atom stereocenters. The van der Waals surface area contributed by atoms with Crippen LogP contribution in [-0.2, 0) is 19.6 Å². The van der Waals surface area contributed by atoms with Crippen molar-refractivity contribution < 1.29 is 5.11 Å². The highest BCUT2D eigenvalue weighted by Crippen LogP contribution is 2.25. The molecular weight excluding hydrogens is 316 g/mol. The molecule has 0 aliphatic carbocycles. The summed E-state index contributed by atoms with van der Waals surface area (Å²) < 4.78 is 0. The van der Waals surface area contributed by atoms with Gasteiger partial charge in [0, 0.05) is 50.8 Å². The Balaban J connectivity index is 2.83. The molecule has 1 rings (SSSR count). The molecule has 0 saturated carbocycles. The van der Waals surface area contributed by atoms with Crippen LogP contribution in [0.1, 0.15) is 16.7 Å². The average Bonchev–Trinajstić information content (AvgIpc) is 2.50. The molecule has 25 heavy (non-hydrogen) atoms. The van der Waals surface area contributed by atoms with Gasteiger partial charge in [-0.1, -0.05) is 0 Å². The van der Waals surface area contributed by atoms with Crippen LogP contribution < -0.4 is 16.0 Å². The quantitative estimate of drug-likeness (QED) is 0.401. The van der Waals surface area contributed by atoms with Crippen molar-refractivity contribution in [3.63, 3.8) is 0 Å². The van der Waals surface area contributed by atoms with Crippen molar-refractivity contribution in [2.45, 2.75) is 19.6 Å². The first-order valence-electron chi connectivity index (χ1n) is 8.69. The zero-order valence-electron chi connectivity index (χ0n) is 16.7. The topological polar surface area (TPSA) is 66.0 Å². The minimum absolute atomic E-state index is 0.383. The van der Waals surface area contributed by atoms with Crippen molar-refractivity contribution in [1.29, 1.82) is 0 Å². The largest absolute Gasteiger partial charge is 0.507 e. The lowest BCUT2D eigenvalue weighted by atomic mass is 10.0. The van der Waals surface area contributed by atoms with Crippen LogP contribution in [-0.4, -0.2) is 82.1 Å². The molecule has 144 valence electrons. The van der Waals surface area contributed by atoms with Gasteiger partial charge in [0.15, 0.2) is 0 Å². The Morgan fingerprint density at radius 2 is 1.04 bits per heavy atom. The first-order chi connectivity index (χ1) is 11.8. The first-order valence-corrected chi connectivity index (χ1v) is 8.69. The predicted octanol–water partition coefficient (Wildman–Crippen LogP) is 0.218. The normalized spacial score (nSPS) is 11.9. The number of nitrogens with zero attached hydrogens (tertiary/aromatic N) is 3. The number of hydrogen-bond donors (Lipinski definition) is 4. The monoisotopic (exact) mass is 352 g/mol. The van der Waals surface area contributed by atoms with Crippen LogP contribution >= 0.6 is 0 Å². The SMILES string of the molecule is CN(C)CNCc1cc(CNCN(C)C)c(O)c(CNCN(C)C)c1. The number of aromatic hydroxyl groups is 1. The molecule has 0 radical (unpaired) electrons. The fraction of sp³-hybridized carbons (Fsp3) is 0.667. The summed E-state index contributed by atoms with van der Waals surface area (Å²) in [4.78, 5) is 6.23. The van der Waals surface area contributed by atoms with Crippen molar-refractivity contribution in [3.05, 3.63) is 28.8 Å². The van der Waals surface area contributed by atoms with Gasteiger partial charge in [0.25, 0.3) is 0 Å². The molecule has 0 aliphatic rings. The standard InChI is InChI=1S/C18H36N6O/c1-22(2)12-19-9-15-7-16(10-20-13-23(3)4)18(25)17(8-15)11-21-14-24(5)6/h7-8,19-21,25H,9-14H2,1-6H3. The second-order valence-electron chi connectivity index (χ2n) is 7.26. The van der Waals surface area contributed by atoms with Crippen molar-refractivity contribution in [2.75, 3.05) is 62.3 Å². The number of nitrogens with one attached hydrogen (secondary N) is 3. The van der Waals surface area contributed by atoms with Crippen LogP contribution in [0.25, 0.3) is 0 Å². The van der Waals surface area contributed by atoms with Crippen LogP contribution in [0.3, 0.4) is 0 Å². The summed E-state index contributed by atoms with van der Waals surface area (Å²) in [6.07, 6.45) is 0. The van der Waals surface area contributed by atoms with Crippen molar-refractivity contribution in [2.24, 2.45) is 0 Å². The Bertz CT molecular complexity index is 469. The fourth-order valence-corrected chi connectivity index (χ4v) is 2.46. The Morgan fingerprint density at radius 3 is 1.40 bits per heavy atom. The highest BCUT2D eigenvalue weighted by Gasteiger charge is 2.10. The molecule has 7 heteroatoms. The summed E-state index contributed by atoms with van der Waals surface area (Å²) in [5.41, 5.74) is 3.06. The van der Waals surface area contributed by atoms with E-state index in [1.165, 1.54) is 5.56 Å². The number of phenolic OH excluding ortho intramolecular Hbond substituents is 1. The maximum atomic E-state index is 10.6. The maximum Gasteiger partial charge on any atom is 0.124 e. The van der Waals surface area contributed by atoms with E-state index in [1.54, 1.807) is 0 Å². The Hall–Kier alpha value is -1.22. The minimum atomic E-state index is 0.383. The van der Waals surface area contributed by atoms with Crippen LogP contribution in [0.5, 0.6) is 5.75 Å². The second kappa shape index (κ2) is 11.4. The Morgan fingerprint density at radius 1 is 0.680 bits per heavy atom. The summed E-state index contributed by atoms with van der Waals surface area (Å²) >= 11 is 0. The third kappa shape index (κ3) is 9.15. The van der Waals surface area contributed by atoms with Crippen LogP contribution in [0.2, 0.25) is 0 Å². The molecular formula is C18H36N6O. The summed E-state index contributed by atoms with van der Waals surface area (Å²) in [7, 11) is 12.2. The van der Waals surface area contributed by atoms with Gasteiger partial charge in [-0.25, -0.2) is 0 Å². The van der Waals surface area contributed by atoms with Gasteiger partial charge in [0.1, 0.15) is 5.75 Å². The molecule has 1 aromatic rings. The molecule has 0 saturated heterocycles. The molecule has 0 heterocycles. The number of benzene rings is 1. The smallest absolute Gasteiger partial charge is 0.124 e. The zero-order valence-corrected chi connectivity index (χ0v) is 16.7. The van der Waals surface area contributed by atoms with E-state index in [0.717, 1.165) is 37.7 Å². The van der Waals surface area contributed by atoms with Crippen molar-refractivity contribution >= 4 is 0 Å². The third-order valence-electron chi connectivity index (χ3n) is 3.57. The van der Waals surface area contributed by atoms with Gasteiger partial charge < -0.3 is 21.1 Å². The number of hydrogen-bond acceptors (Lipinski definition) is 7. The lowest BCUT2D eigenvalue weighted by molar-refractivity contribution is 0.359. The zero-order chi connectivity index (χ0) is 18.8. The third-order valence-corrected chi connectivity index (χ3v) is 3.57. The maximum absolute atomic E-state index is 10.6. The van der Waals surface area contributed by atoms with Gasteiger partial charge in [-0.15, -0.1) is 0 Å². The van der Waals surface area contributed by atoms with Gasteiger partial charge in [-0.3, -0.25) is 14.7 Å². The molecule has 1 aromatic carbocycles. The first kappa shape index (κ1) is 21.8. The van der Waals surface area contributed by atoms with E-state index in [2.05, 4.69) is 42.8 Å². The number of phenols is 1. The van der Waals surface area contributed by atoms with Crippen molar-refractivity contribution in [3.8, 4) is 5.75 Å². The van der Waals surface area contributed by atoms with Crippen LogP contribution in [0, 0.1) is 0 Å². The van der Waals surface area contributed by atoms with Gasteiger partial charge in [0.2, 0.25) is 0 Å². The molecule has 4 N–H and O–H groups in total. The van der Waals surface area contributed by atoms with Crippen molar-refractivity contribution in [1.82, 2.24) is 30.7 Å². The molecule has 0 spiro atoms. The van der Waals surface area contributed by atoms with Gasteiger partial charge in [-0.05, 0) is 60.0 Å². The number of rotatable bonds is 12. The van der Waals surface area contributed by atoms with E-state index in [-0.39, 0.29) is 0 Å². The van der Waals surface area contributed by atoms with E-state index in [4.69, 9.17) is 0 Å². The Kier molecular flexibility index (Phi) is 9.96. The minimum Gasteiger partial charge on any atom is -0.507 e. The van der Waals surface area contributed by atoms with Gasteiger partial charge in [0.05, 0.1) is 0 Å². The highest BCUT2D eigenvalue weighted by molar-refractivity contribution is 5.44. The summed E-state index contributed by atoms with van der Waals surface area (Å²) in [6.45, 7) is 4.44. The molecule has 0 aromatic heterocycles. The fourth-order valence-electron chi connectivity index (χ4n) is 2.46. The van der Waals surface area contributed by atoms with Crippen LogP contribution in [0.4, 0.5) is 0 Å². The lowest BCUT2D eigenvalue weighted by Crippen LogP contribution is -2.29. The van der Waals surface area contributed by atoms with E-state index in [0.29, 0.717) is 18.8 Å². The molecule has 0 bridgehead atoms. The summed E-state index contributed by atoms with van der Waals surface area (Å²) in [5.74, 6) is 0.383. The second-order valence-corrected chi connectivity index (χ2v) is 7.26.